The van der Waals surface area contributed by atoms with Crippen molar-refractivity contribution in [2.24, 2.45) is 0 Å². The third kappa shape index (κ3) is 4.59. The molecule has 2 rings (SSSR count). The first kappa shape index (κ1) is 21.6. The molecule has 10 nitrogen and oxygen atoms in total. The molecule has 0 spiro atoms. The molecule has 0 bridgehead atoms. The number of sulfonamides is 1. The van der Waals surface area contributed by atoms with E-state index >= 15 is 0 Å². The average molecular weight is 428 g/mol. The largest absolute Gasteiger partial charge is 0.301 e. The van der Waals surface area contributed by atoms with Gasteiger partial charge in [-0.2, -0.15) is 12.7 Å². The Morgan fingerprint density at radius 2 is 1.43 bits per heavy atom. The molecule has 0 heterocycles. The van der Waals surface area contributed by atoms with Crippen LogP contribution in [0.25, 0.3) is 0 Å². The highest BCUT2D eigenvalue weighted by Crippen LogP contribution is 2.24. The van der Waals surface area contributed by atoms with E-state index in [9.17, 15) is 21.6 Å². The maximum Gasteiger partial charge on any atom is 0.301 e. The minimum absolute atomic E-state index is 0.0417. The Morgan fingerprint density at radius 3 is 1.89 bits per heavy atom. The summed E-state index contributed by atoms with van der Waals surface area (Å²) in [5.41, 5.74) is 2.17. The van der Waals surface area contributed by atoms with Gasteiger partial charge >= 0.3 is 10.2 Å². The molecule has 28 heavy (non-hydrogen) atoms. The van der Waals surface area contributed by atoms with Gasteiger partial charge in [-0.25, -0.2) is 13.9 Å². The highest BCUT2D eigenvalue weighted by molar-refractivity contribution is 7.92. The molecule has 0 aromatic heterocycles. The van der Waals surface area contributed by atoms with Crippen LogP contribution in [0, 0.1) is 0 Å². The van der Waals surface area contributed by atoms with Gasteiger partial charge < -0.3 is 0 Å². The Kier molecular flexibility index (Phi) is 6.29. The number of anilines is 2. The number of benzene rings is 2. The first-order valence-electron chi connectivity index (χ1n) is 7.83. The number of hydroxylamine groups is 1. The molecule has 1 amide bonds. The molecule has 152 valence electrons. The fourth-order valence-corrected chi connectivity index (χ4v) is 3.93. The first-order chi connectivity index (χ1) is 13.0. The lowest BCUT2D eigenvalue weighted by Gasteiger charge is -2.20. The van der Waals surface area contributed by atoms with Gasteiger partial charge in [-0.05, 0) is 48.5 Å². The molecular weight excluding hydrogens is 408 g/mol. The third-order valence-electron chi connectivity index (χ3n) is 3.83. The molecule has 0 atom stereocenters. The van der Waals surface area contributed by atoms with Crippen molar-refractivity contribution < 1.29 is 26.8 Å². The number of nitrogens with one attached hydrogen (secondary N) is 2. The second kappa shape index (κ2) is 8.14. The quantitative estimate of drug-likeness (QED) is 0.442. The van der Waals surface area contributed by atoms with Gasteiger partial charge in [-0.1, -0.05) is 0 Å². The van der Waals surface area contributed by atoms with Crippen LogP contribution in [-0.4, -0.2) is 53.4 Å². The molecule has 0 aliphatic rings. The molecule has 0 unspecified atom stereocenters. The zero-order valence-corrected chi connectivity index (χ0v) is 17.0. The van der Waals surface area contributed by atoms with Crippen molar-refractivity contribution in [2.45, 2.75) is 4.90 Å². The summed E-state index contributed by atoms with van der Waals surface area (Å²) in [6.45, 7) is 0. The van der Waals surface area contributed by atoms with E-state index in [2.05, 4.69) is 4.72 Å². The normalized spacial score (nSPS) is 11.9. The Balaban J connectivity index is 2.25. The van der Waals surface area contributed by atoms with Crippen LogP contribution in [0.15, 0.2) is 53.4 Å². The molecule has 0 saturated carbocycles. The maximum absolute atomic E-state index is 12.8. The van der Waals surface area contributed by atoms with E-state index in [1.807, 2.05) is 0 Å². The molecule has 3 N–H and O–H groups in total. The lowest BCUT2D eigenvalue weighted by Crippen LogP contribution is -2.29. The lowest BCUT2D eigenvalue weighted by molar-refractivity contribution is 0.0706. The Hall–Kier alpha value is -2.67. The van der Waals surface area contributed by atoms with E-state index in [1.165, 1.54) is 75.2 Å². The summed E-state index contributed by atoms with van der Waals surface area (Å²) in [5.74, 6) is -0.715. The number of hydrogen-bond donors (Lipinski definition) is 3. The Labute approximate surface area is 163 Å². The summed E-state index contributed by atoms with van der Waals surface area (Å²) in [6.07, 6.45) is 0. The maximum atomic E-state index is 12.8. The molecule has 2 aromatic rings. The van der Waals surface area contributed by atoms with E-state index in [1.54, 1.807) is 0 Å². The Morgan fingerprint density at radius 1 is 0.893 bits per heavy atom. The van der Waals surface area contributed by atoms with Gasteiger partial charge in [0.05, 0.1) is 10.6 Å². The first-order valence-corrected chi connectivity index (χ1v) is 10.7. The predicted octanol–water partition coefficient (Wildman–Crippen LogP) is 0.849. The SMILES string of the molecule is CN(C)S(=O)(=O)Nc1ccc(S(=O)(=O)N(C)c2ccc(C(=O)NO)cc2)cc1. The molecule has 0 aliphatic carbocycles. The molecule has 0 aliphatic heterocycles. The van der Waals surface area contributed by atoms with Crippen LogP contribution in [-0.2, 0) is 20.2 Å². The Bertz CT molecular complexity index is 1050. The van der Waals surface area contributed by atoms with Crippen molar-refractivity contribution in [3.8, 4) is 0 Å². The van der Waals surface area contributed by atoms with Gasteiger partial charge in [0.25, 0.3) is 15.9 Å². The topological polar surface area (TPSA) is 136 Å². The highest BCUT2D eigenvalue weighted by atomic mass is 32.2. The lowest BCUT2D eigenvalue weighted by atomic mass is 10.2. The summed E-state index contributed by atoms with van der Waals surface area (Å²) in [6, 6.07) is 10.8. The fraction of sp³-hybridized carbons (Fsp3) is 0.188. The van der Waals surface area contributed by atoms with Crippen molar-refractivity contribution in [3.05, 3.63) is 54.1 Å². The van der Waals surface area contributed by atoms with E-state index < -0.39 is 26.1 Å². The summed E-state index contributed by atoms with van der Waals surface area (Å²) in [7, 11) is -3.53. The van der Waals surface area contributed by atoms with Gasteiger partial charge in [-0.3, -0.25) is 19.0 Å². The van der Waals surface area contributed by atoms with Crippen molar-refractivity contribution in [1.82, 2.24) is 9.79 Å². The number of hydrogen-bond acceptors (Lipinski definition) is 6. The number of rotatable bonds is 7. The van der Waals surface area contributed by atoms with Crippen molar-refractivity contribution in [2.75, 3.05) is 30.2 Å². The van der Waals surface area contributed by atoms with Crippen LogP contribution < -0.4 is 14.5 Å². The van der Waals surface area contributed by atoms with Crippen LogP contribution in [0.5, 0.6) is 0 Å². The summed E-state index contributed by atoms with van der Waals surface area (Å²) >= 11 is 0. The second-order valence-corrected chi connectivity index (χ2v) is 9.73. The molecular formula is C16H20N4O6S2. The van der Waals surface area contributed by atoms with E-state index in [0.29, 0.717) is 5.69 Å². The fourth-order valence-electron chi connectivity index (χ4n) is 2.12. The summed E-state index contributed by atoms with van der Waals surface area (Å²) < 4.78 is 53.5. The molecule has 0 fully saturated rings. The minimum atomic E-state index is -3.91. The van der Waals surface area contributed by atoms with Crippen LogP contribution >= 0.6 is 0 Å². The van der Waals surface area contributed by atoms with Gasteiger partial charge in [0, 0.05) is 32.4 Å². The predicted molar refractivity (Wildman–Crippen MR) is 104 cm³/mol. The van der Waals surface area contributed by atoms with Gasteiger partial charge in [-0.15, -0.1) is 0 Å². The van der Waals surface area contributed by atoms with Gasteiger partial charge in [0.15, 0.2) is 0 Å². The zero-order valence-electron chi connectivity index (χ0n) is 15.3. The number of amides is 1. The smallest absolute Gasteiger partial charge is 0.288 e. The van der Waals surface area contributed by atoms with Crippen molar-refractivity contribution in [1.29, 1.82) is 0 Å². The van der Waals surface area contributed by atoms with E-state index in [-0.39, 0.29) is 16.1 Å². The molecule has 0 radical (unpaired) electrons. The summed E-state index contributed by atoms with van der Waals surface area (Å²) in [5, 5.41) is 8.62. The van der Waals surface area contributed by atoms with Crippen LogP contribution in [0.4, 0.5) is 11.4 Å². The van der Waals surface area contributed by atoms with Crippen molar-refractivity contribution >= 4 is 37.5 Å². The second-order valence-electron chi connectivity index (χ2n) is 5.87. The van der Waals surface area contributed by atoms with Crippen LogP contribution in [0.3, 0.4) is 0 Å². The van der Waals surface area contributed by atoms with Gasteiger partial charge in [0.1, 0.15) is 0 Å². The highest BCUT2D eigenvalue weighted by Gasteiger charge is 2.22. The average Bonchev–Trinajstić information content (AvgIpc) is 2.66. The third-order valence-corrected chi connectivity index (χ3v) is 7.09. The zero-order chi connectivity index (χ0) is 21.1. The molecule has 0 saturated heterocycles. The monoisotopic (exact) mass is 428 g/mol. The van der Waals surface area contributed by atoms with Crippen LogP contribution in [0.1, 0.15) is 10.4 Å². The van der Waals surface area contributed by atoms with Crippen LogP contribution in [0.2, 0.25) is 0 Å². The molecule has 12 heteroatoms. The van der Waals surface area contributed by atoms with E-state index in [4.69, 9.17) is 5.21 Å². The number of carbonyl (C=O) groups excluding carboxylic acids is 1. The number of carbonyl (C=O) groups is 1. The molecule has 2 aromatic carbocycles. The minimum Gasteiger partial charge on any atom is -0.288 e. The standard InChI is InChI=1S/C16H20N4O6S2/c1-19(2)28(25,26)18-13-6-10-15(11-7-13)27(23,24)20(3)14-8-4-12(5-9-14)16(21)17-22/h4-11,18,22H,1-3H3,(H,17,21). The van der Waals surface area contributed by atoms with E-state index in [0.717, 1.165) is 8.61 Å². The van der Waals surface area contributed by atoms with Gasteiger partial charge in [0.2, 0.25) is 0 Å². The summed E-state index contributed by atoms with van der Waals surface area (Å²) in [4.78, 5) is 11.3. The van der Waals surface area contributed by atoms with Crippen molar-refractivity contribution in [3.63, 3.8) is 0 Å². The number of nitrogens with zero attached hydrogens (tertiary/aromatic N) is 2.